The lowest BCUT2D eigenvalue weighted by Crippen LogP contribution is -2.61. The third kappa shape index (κ3) is 6.32. The predicted molar refractivity (Wildman–Crippen MR) is 124 cm³/mol. The average Bonchev–Trinajstić information content (AvgIpc) is 3.65. The summed E-state index contributed by atoms with van der Waals surface area (Å²) >= 11 is 0. The normalized spacial score (nSPS) is 26.8. The maximum absolute atomic E-state index is 15.3. The molecule has 36 heavy (non-hydrogen) atoms. The van der Waals surface area contributed by atoms with E-state index in [-0.39, 0.29) is 30.4 Å². The number of aliphatic hydroxyl groups excluding tert-OH is 4. The van der Waals surface area contributed by atoms with Crippen molar-refractivity contribution in [2.75, 3.05) is 0 Å². The summed E-state index contributed by atoms with van der Waals surface area (Å²) in [5.41, 5.74) is 1.20. The van der Waals surface area contributed by atoms with E-state index in [1.54, 1.807) is 12.1 Å². The van der Waals surface area contributed by atoms with Crippen LogP contribution in [0.5, 0.6) is 11.5 Å². The Morgan fingerprint density at radius 3 is 2.36 bits per heavy atom. The molecule has 0 radical (unpaired) electrons. The van der Waals surface area contributed by atoms with Crippen molar-refractivity contribution in [2.45, 2.75) is 82.6 Å². The van der Waals surface area contributed by atoms with Crippen LogP contribution in [0.1, 0.15) is 43.4 Å². The lowest BCUT2D eigenvalue weighted by molar-refractivity contribution is -0.286. The van der Waals surface area contributed by atoms with E-state index < -0.39 is 48.6 Å². The molecule has 0 spiro atoms. The summed E-state index contributed by atoms with van der Waals surface area (Å²) in [7, 11) is 0. The van der Waals surface area contributed by atoms with E-state index in [0.29, 0.717) is 5.56 Å². The van der Waals surface area contributed by atoms with Crippen LogP contribution in [-0.4, -0.2) is 69.3 Å². The molecule has 2 aromatic carbocycles. The quantitative estimate of drug-likeness (QED) is 0.374. The fourth-order valence-corrected chi connectivity index (χ4v) is 3.97. The molecule has 0 unspecified atom stereocenters. The van der Waals surface area contributed by atoms with Crippen molar-refractivity contribution >= 4 is 5.97 Å². The van der Waals surface area contributed by atoms with E-state index in [0.717, 1.165) is 24.2 Å². The van der Waals surface area contributed by atoms with Crippen molar-refractivity contribution in [3.05, 3.63) is 58.9 Å². The van der Waals surface area contributed by atoms with Crippen LogP contribution < -0.4 is 9.47 Å². The van der Waals surface area contributed by atoms with Gasteiger partial charge in [-0.2, -0.15) is 0 Å². The molecule has 196 valence electrons. The van der Waals surface area contributed by atoms with Gasteiger partial charge < -0.3 is 39.4 Å². The summed E-state index contributed by atoms with van der Waals surface area (Å²) in [6.07, 6.45) is -6.41. The number of aliphatic hydroxyl groups is 4. The Labute approximate surface area is 208 Å². The number of ether oxygens (including phenoxy) is 4. The first-order valence-corrected chi connectivity index (χ1v) is 11.9. The van der Waals surface area contributed by atoms with E-state index in [1.165, 1.54) is 26.0 Å². The highest BCUT2D eigenvalue weighted by Crippen LogP contribution is 2.33. The summed E-state index contributed by atoms with van der Waals surface area (Å²) in [5, 5.41) is 40.8. The van der Waals surface area contributed by atoms with Crippen LogP contribution in [0.3, 0.4) is 0 Å². The SMILES string of the molecule is CC(=O)OCc1cc(F)c(Cc2ccc(OC3CC3)cc2)c(O[C@@H]2O[C@H]([C@@H](C)O)[C@@H](O)[C@H](O)[C@H]2O)c1. The molecule has 2 aliphatic rings. The molecule has 9 nitrogen and oxygen atoms in total. The van der Waals surface area contributed by atoms with E-state index in [9.17, 15) is 25.2 Å². The molecule has 0 aromatic heterocycles. The van der Waals surface area contributed by atoms with Gasteiger partial charge in [0.05, 0.1) is 12.2 Å². The fourth-order valence-electron chi connectivity index (χ4n) is 3.97. The molecular formula is C26H31FO9. The number of benzene rings is 2. The topological polar surface area (TPSA) is 135 Å². The van der Waals surface area contributed by atoms with Crippen LogP contribution in [0.15, 0.2) is 36.4 Å². The molecule has 2 fully saturated rings. The van der Waals surface area contributed by atoms with Gasteiger partial charge in [0.2, 0.25) is 6.29 Å². The zero-order chi connectivity index (χ0) is 26.0. The first-order chi connectivity index (χ1) is 17.1. The summed E-state index contributed by atoms with van der Waals surface area (Å²) in [4.78, 5) is 11.2. The molecule has 4 N–H and O–H groups in total. The van der Waals surface area contributed by atoms with Gasteiger partial charge in [0.15, 0.2) is 0 Å². The maximum atomic E-state index is 15.3. The Kier molecular flexibility index (Phi) is 8.11. The van der Waals surface area contributed by atoms with Crippen molar-refractivity contribution in [1.82, 2.24) is 0 Å². The molecule has 1 saturated carbocycles. The minimum absolute atomic E-state index is 0.00700. The van der Waals surface area contributed by atoms with Gasteiger partial charge in [0.25, 0.3) is 0 Å². The van der Waals surface area contributed by atoms with Gasteiger partial charge in [-0.1, -0.05) is 12.1 Å². The number of esters is 1. The summed E-state index contributed by atoms with van der Waals surface area (Å²) in [6, 6.07) is 9.91. The molecule has 4 rings (SSSR count). The Hall–Kier alpha value is -2.76. The van der Waals surface area contributed by atoms with Crippen LogP contribution in [0.2, 0.25) is 0 Å². The Bertz CT molecular complexity index is 1050. The van der Waals surface area contributed by atoms with Crippen molar-refractivity contribution in [1.29, 1.82) is 0 Å². The van der Waals surface area contributed by atoms with Crippen molar-refractivity contribution in [3.63, 3.8) is 0 Å². The number of hydrogen-bond donors (Lipinski definition) is 4. The minimum atomic E-state index is -1.68. The lowest BCUT2D eigenvalue weighted by Gasteiger charge is -2.41. The summed E-state index contributed by atoms with van der Waals surface area (Å²) in [5.74, 6) is -0.456. The van der Waals surface area contributed by atoms with Gasteiger partial charge in [-0.05, 0) is 55.2 Å². The second kappa shape index (κ2) is 11.1. The zero-order valence-electron chi connectivity index (χ0n) is 20.0. The Balaban J connectivity index is 1.61. The highest BCUT2D eigenvalue weighted by Gasteiger charge is 2.46. The largest absolute Gasteiger partial charge is 0.490 e. The fraction of sp³-hybridized carbons (Fsp3) is 0.500. The van der Waals surface area contributed by atoms with Crippen molar-refractivity contribution in [3.8, 4) is 11.5 Å². The van der Waals surface area contributed by atoms with Crippen LogP contribution in [0.25, 0.3) is 0 Å². The molecule has 2 aromatic rings. The van der Waals surface area contributed by atoms with Crippen LogP contribution in [-0.2, 0) is 27.3 Å². The number of carbonyl (C=O) groups excluding carboxylic acids is 1. The molecule has 10 heteroatoms. The van der Waals surface area contributed by atoms with Crippen LogP contribution in [0, 0.1) is 5.82 Å². The molecule has 6 atom stereocenters. The van der Waals surface area contributed by atoms with Gasteiger partial charge in [0, 0.05) is 18.9 Å². The van der Waals surface area contributed by atoms with E-state index in [4.69, 9.17) is 18.9 Å². The molecule has 1 aliphatic heterocycles. The third-order valence-corrected chi connectivity index (χ3v) is 6.11. The number of hydrogen-bond acceptors (Lipinski definition) is 9. The van der Waals surface area contributed by atoms with Crippen molar-refractivity contribution in [2.24, 2.45) is 0 Å². The first-order valence-electron chi connectivity index (χ1n) is 11.9. The number of carbonyl (C=O) groups is 1. The summed E-state index contributed by atoms with van der Waals surface area (Å²) < 4.78 is 37.4. The van der Waals surface area contributed by atoms with Gasteiger partial charge in [-0.25, -0.2) is 4.39 Å². The Morgan fingerprint density at radius 2 is 1.75 bits per heavy atom. The van der Waals surface area contributed by atoms with E-state index >= 15 is 4.39 Å². The predicted octanol–water partition coefficient (Wildman–Crippen LogP) is 1.59. The number of rotatable bonds is 9. The van der Waals surface area contributed by atoms with Gasteiger partial charge >= 0.3 is 5.97 Å². The average molecular weight is 507 g/mol. The number of halogens is 1. The standard InChI is InChI=1S/C26H31FO9/c1-13(28)25-23(31)22(30)24(32)26(36-25)35-21-11-16(12-33-14(2)29)10-20(27)19(21)9-15-3-5-17(6-4-15)34-18-7-8-18/h3-6,10-11,13,18,22-26,28,30-32H,7-9,12H2,1-2H3/t13-,22+,23+,24-,25-,26-/m1/s1. The molecule has 0 amide bonds. The third-order valence-electron chi connectivity index (χ3n) is 6.11. The van der Waals surface area contributed by atoms with E-state index in [2.05, 4.69) is 0 Å². The van der Waals surface area contributed by atoms with Crippen LogP contribution in [0.4, 0.5) is 4.39 Å². The summed E-state index contributed by atoms with van der Waals surface area (Å²) in [6.45, 7) is 2.38. The first kappa shape index (κ1) is 26.3. The Morgan fingerprint density at radius 1 is 1.06 bits per heavy atom. The second-order valence-corrected chi connectivity index (χ2v) is 9.27. The molecule has 0 bridgehead atoms. The molecular weight excluding hydrogens is 475 g/mol. The van der Waals surface area contributed by atoms with Gasteiger partial charge in [-0.15, -0.1) is 0 Å². The van der Waals surface area contributed by atoms with Crippen molar-refractivity contribution < 1.29 is 48.6 Å². The zero-order valence-corrected chi connectivity index (χ0v) is 20.0. The maximum Gasteiger partial charge on any atom is 0.302 e. The molecule has 1 aliphatic carbocycles. The lowest BCUT2D eigenvalue weighted by atomic mass is 9.96. The van der Waals surface area contributed by atoms with Gasteiger partial charge in [-0.3, -0.25) is 4.79 Å². The molecule has 1 saturated heterocycles. The van der Waals surface area contributed by atoms with E-state index in [1.807, 2.05) is 12.1 Å². The highest BCUT2D eigenvalue weighted by atomic mass is 19.1. The smallest absolute Gasteiger partial charge is 0.302 e. The minimum Gasteiger partial charge on any atom is -0.490 e. The van der Waals surface area contributed by atoms with Gasteiger partial charge in [0.1, 0.15) is 48.3 Å². The van der Waals surface area contributed by atoms with Crippen LogP contribution >= 0.6 is 0 Å². The highest BCUT2D eigenvalue weighted by molar-refractivity contribution is 5.66. The monoisotopic (exact) mass is 506 g/mol. The molecule has 1 heterocycles. The second-order valence-electron chi connectivity index (χ2n) is 9.27.